The van der Waals surface area contributed by atoms with Crippen molar-refractivity contribution >= 4 is 21.5 Å². The number of hydrogen-bond donors (Lipinski definition) is 1. The summed E-state index contributed by atoms with van der Waals surface area (Å²) in [5.74, 6) is 0.934. The molecule has 1 heterocycles. The van der Waals surface area contributed by atoms with Gasteiger partial charge in [0.05, 0.1) is 11.1 Å². The van der Waals surface area contributed by atoms with E-state index in [1.54, 1.807) is 62.5 Å². The molecule has 3 rings (SSSR count). The Morgan fingerprint density at radius 3 is 2.35 bits per heavy atom. The molecule has 2 aromatic carbocycles. The van der Waals surface area contributed by atoms with Crippen molar-refractivity contribution in [2.75, 3.05) is 4.72 Å². The van der Waals surface area contributed by atoms with Gasteiger partial charge in [-0.05, 0) is 49.7 Å². The lowest BCUT2D eigenvalue weighted by molar-refractivity contribution is 0.101. The van der Waals surface area contributed by atoms with Crippen LogP contribution >= 0.6 is 0 Å². The summed E-state index contributed by atoms with van der Waals surface area (Å²) in [7, 11) is -3.80. The number of nitrogens with one attached hydrogen (secondary N) is 1. The van der Waals surface area contributed by atoms with Gasteiger partial charge in [-0.15, -0.1) is 0 Å². The number of carbonyl (C=O) groups excluding carboxylic acids is 1. The number of aryl methyl sites for hydroxylation is 2. The number of Topliss-reactive ketones (excluding diaryl/α,β-unsaturated/α-hetero) is 1. The van der Waals surface area contributed by atoms with Gasteiger partial charge in [0.25, 0.3) is 10.0 Å². The van der Waals surface area contributed by atoms with Crippen molar-refractivity contribution in [1.82, 2.24) is 4.98 Å². The van der Waals surface area contributed by atoms with E-state index in [4.69, 9.17) is 4.42 Å². The van der Waals surface area contributed by atoms with Crippen LogP contribution in [0, 0.1) is 13.8 Å². The number of sulfonamides is 1. The van der Waals surface area contributed by atoms with E-state index in [1.165, 1.54) is 6.92 Å². The SMILES string of the molecule is CC(=O)c1ccc(NS(=O)(=O)c2cc(-c3cnc(C)o3)ccc2C)cc1. The molecule has 0 aliphatic rings. The number of oxazole rings is 1. The molecule has 0 aliphatic carbocycles. The average molecular weight is 370 g/mol. The highest BCUT2D eigenvalue weighted by molar-refractivity contribution is 7.92. The van der Waals surface area contributed by atoms with Gasteiger partial charge < -0.3 is 4.42 Å². The van der Waals surface area contributed by atoms with Gasteiger partial charge in [0.1, 0.15) is 0 Å². The molecule has 0 saturated heterocycles. The summed E-state index contributed by atoms with van der Waals surface area (Å²) in [5, 5.41) is 0. The number of nitrogens with zero attached hydrogens (tertiary/aromatic N) is 1. The fraction of sp³-hybridized carbons (Fsp3) is 0.158. The Bertz CT molecular complexity index is 1070. The summed E-state index contributed by atoms with van der Waals surface area (Å²) < 4.78 is 33.6. The second kappa shape index (κ2) is 6.76. The molecule has 0 amide bonds. The van der Waals surface area contributed by atoms with Gasteiger partial charge in [0.15, 0.2) is 17.4 Å². The first-order valence-corrected chi connectivity index (χ1v) is 9.42. The van der Waals surface area contributed by atoms with Crippen LogP contribution in [0.15, 0.2) is 58.0 Å². The summed E-state index contributed by atoms with van der Waals surface area (Å²) in [6.45, 7) is 4.91. The molecule has 0 saturated carbocycles. The third-order valence-electron chi connectivity index (χ3n) is 3.93. The number of ketones is 1. The molecule has 0 spiro atoms. The highest BCUT2D eigenvalue weighted by Crippen LogP contribution is 2.27. The van der Waals surface area contributed by atoms with Gasteiger partial charge in [-0.1, -0.05) is 12.1 Å². The monoisotopic (exact) mass is 370 g/mol. The average Bonchev–Trinajstić information content (AvgIpc) is 3.01. The Labute approximate surface area is 151 Å². The molecule has 26 heavy (non-hydrogen) atoms. The summed E-state index contributed by atoms with van der Waals surface area (Å²) in [5.41, 5.74) is 2.14. The predicted octanol–water partition coefficient (Wildman–Crippen LogP) is 3.96. The molecule has 3 aromatic rings. The number of hydrogen-bond acceptors (Lipinski definition) is 5. The normalized spacial score (nSPS) is 11.3. The Kier molecular flexibility index (Phi) is 4.65. The van der Waals surface area contributed by atoms with E-state index in [0.29, 0.717) is 34.0 Å². The van der Waals surface area contributed by atoms with Gasteiger partial charge in [-0.2, -0.15) is 0 Å². The van der Waals surface area contributed by atoms with Crippen LogP contribution < -0.4 is 4.72 Å². The fourth-order valence-electron chi connectivity index (χ4n) is 2.52. The van der Waals surface area contributed by atoms with E-state index in [9.17, 15) is 13.2 Å². The van der Waals surface area contributed by atoms with Crippen LogP contribution in [0.4, 0.5) is 5.69 Å². The molecule has 0 atom stereocenters. The molecule has 0 fully saturated rings. The molecule has 7 heteroatoms. The summed E-state index contributed by atoms with van der Waals surface area (Å²) in [6, 6.07) is 11.4. The Hall–Kier alpha value is -2.93. The molecule has 0 unspecified atom stereocenters. The third-order valence-corrected chi connectivity index (χ3v) is 5.45. The van der Waals surface area contributed by atoms with Crippen LogP contribution in [0.25, 0.3) is 11.3 Å². The minimum atomic E-state index is -3.80. The van der Waals surface area contributed by atoms with Gasteiger partial charge in [-0.3, -0.25) is 9.52 Å². The number of anilines is 1. The second-order valence-electron chi connectivity index (χ2n) is 5.96. The van der Waals surface area contributed by atoms with Crippen molar-refractivity contribution in [2.45, 2.75) is 25.7 Å². The number of aromatic nitrogens is 1. The van der Waals surface area contributed by atoms with Crippen LogP contribution in [-0.4, -0.2) is 19.2 Å². The van der Waals surface area contributed by atoms with E-state index in [2.05, 4.69) is 9.71 Å². The number of benzene rings is 2. The van der Waals surface area contributed by atoms with Gasteiger partial charge in [0, 0.05) is 23.7 Å². The van der Waals surface area contributed by atoms with Crippen molar-refractivity contribution in [3.8, 4) is 11.3 Å². The zero-order valence-corrected chi connectivity index (χ0v) is 15.4. The van der Waals surface area contributed by atoms with Crippen LogP contribution in [0.3, 0.4) is 0 Å². The lowest BCUT2D eigenvalue weighted by atomic mass is 10.1. The minimum Gasteiger partial charge on any atom is -0.441 e. The zero-order valence-electron chi connectivity index (χ0n) is 14.6. The van der Waals surface area contributed by atoms with Crippen LogP contribution in [0.1, 0.15) is 28.7 Å². The van der Waals surface area contributed by atoms with Crippen LogP contribution in [0.2, 0.25) is 0 Å². The van der Waals surface area contributed by atoms with E-state index in [0.717, 1.165) is 0 Å². The van der Waals surface area contributed by atoms with Crippen molar-refractivity contribution in [1.29, 1.82) is 0 Å². The second-order valence-corrected chi connectivity index (χ2v) is 7.61. The van der Waals surface area contributed by atoms with Crippen molar-refractivity contribution in [3.05, 3.63) is 65.7 Å². The van der Waals surface area contributed by atoms with E-state index < -0.39 is 10.0 Å². The molecule has 1 aromatic heterocycles. The Morgan fingerprint density at radius 1 is 1.08 bits per heavy atom. The summed E-state index contributed by atoms with van der Waals surface area (Å²) in [6.07, 6.45) is 1.56. The van der Waals surface area contributed by atoms with Gasteiger partial charge >= 0.3 is 0 Å². The van der Waals surface area contributed by atoms with Crippen molar-refractivity contribution < 1.29 is 17.6 Å². The molecule has 0 aliphatic heterocycles. The highest BCUT2D eigenvalue weighted by atomic mass is 32.2. The first-order chi connectivity index (χ1) is 12.3. The first kappa shape index (κ1) is 17.9. The van der Waals surface area contributed by atoms with Gasteiger partial charge in [-0.25, -0.2) is 13.4 Å². The molecule has 1 N–H and O–H groups in total. The molecule has 0 radical (unpaired) electrons. The van der Waals surface area contributed by atoms with Crippen molar-refractivity contribution in [3.63, 3.8) is 0 Å². The van der Waals surface area contributed by atoms with Gasteiger partial charge in [0.2, 0.25) is 0 Å². The molecule has 134 valence electrons. The number of rotatable bonds is 5. The molecule has 6 nitrogen and oxygen atoms in total. The maximum Gasteiger partial charge on any atom is 0.262 e. The van der Waals surface area contributed by atoms with E-state index in [-0.39, 0.29) is 10.7 Å². The van der Waals surface area contributed by atoms with Crippen LogP contribution in [-0.2, 0) is 10.0 Å². The first-order valence-electron chi connectivity index (χ1n) is 7.93. The zero-order chi connectivity index (χ0) is 18.9. The van der Waals surface area contributed by atoms with Crippen molar-refractivity contribution in [2.24, 2.45) is 0 Å². The maximum atomic E-state index is 12.8. The highest BCUT2D eigenvalue weighted by Gasteiger charge is 2.19. The lowest BCUT2D eigenvalue weighted by Crippen LogP contribution is -2.14. The van der Waals surface area contributed by atoms with E-state index >= 15 is 0 Å². The fourth-order valence-corrected chi connectivity index (χ4v) is 3.85. The van der Waals surface area contributed by atoms with E-state index in [1.807, 2.05) is 0 Å². The standard InChI is InChI=1S/C19H18N2O4S/c1-12-4-5-16(18-11-20-14(3)25-18)10-19(12)26(23,24)21-17-8-6-15(7-9-17)13(2)22/h4-11,21H,1-3H3. The number of carbonyl (C=O) groups is 1. The maximum absolute atomic E-state index is 12.8. The quantitative estimate of drug-likeness (QED) is 0.687. The lowest BCUT2D eigenvalue weighted by Gasteiger charge is -2.12. The topological polar surface area (TPSA) is 89.3 Å². The smallest absolute Gasteiger partial charge is 0.262 e. The molecular formula is C19H18N2O4S. The molecule has 0 bridgehead atoms. The molecular weight excluding hydrogens is 352 g/mol. The Morgan fingerprint density at radius 2 is 1.77 bits per heavy atom. The predicted molar refractivity (Wildman–Crippen MR) is 98.7 cm³/mol. The summed E-state index contributed by atoms with van der Waals surface area (Å²) >= 11 is 0. The largest absolute Gasteiger partial charge is 0.441 e. The Balaban J connectivity index is 1.94. The summed E-state index contributed by atoms with van der Waals surface area (Å²) in [4.78, 5) is 15.5. The minimum absolute atomic E-state index is 0.0784. The third kappa shape index (κ3) is 3.67. The van der Waals surface area contributed by atoms with Crippen LogP contribution in [0.5, 0.6) is 0 Å².